The maximum Gasteiger partial charge on any atom is 0.244 e. The summed E-state index contributed by atoms with van der Waals surface area (Å²) in [7, 11) is 1.51. The van der Waals surface area contributed by atoms with E-state index in [1.54, 1.807) is 6.07 Å². The summed E-state index contributed by atoms with van der Waals surface area (Å²) in [5.41, 5.74) is 6.08. The molecule has 0 aromatic heterocycles. The quantitative estimate of drug-likeness (QED) is 0.741. The van der Waals surface area contributed by atoms with Crippen LogP contribution in [-0.2, 0) is 10.0 Å². The average Bonchev–Trinajstić information content (AvgIpc) is 2.38. The zero-order valence-corrected chi connectivity index (χ0v) is 14.4. The van der Waals surface area contributed by atoms with Crippen molar-refractivity contribution in [2.24, 2.45) is 0 Å². The van der Waals surface area contributed by atoms with Crippen LogP contribution in [-0.4, -0.2) is 47.1 Å². The summed E-state index contributed by atoms with van der Waals surface area (Å²) in [6.07, 6.45) is 0. The van der Waals surface area contributed by atoms with Gasteiger partial charge in [0, 0.05) is 22.7 Å². The second kappa shape index (κ2) is 6.75. The van der Waals surface area contributed by atoms with Crippen molar-refractivity contribution >= 4 is 31.6 Å². The molecule has 0 saturated carbocycles. The number of nitrogen functional groups attached to an aromatic ring is 1. The number of sulfonamides is 1. The van der Waals surface area contributed by atoms with Crippen molar-refractivity contribution < 1.29 is 13.2 Å². The molecule has 0 heterocycles. The number of ether oxygens (including phenoxy) is 1. The average molecular weight is 366 g/mol. The first-order chi connectivity index (χ1) is 9.19. The summed E-state index contributed by atoms with van der Waals surface area (Å²) < 4.78 is 32.9. The minimum absolute atomic E-state index is 0.0339. The Morgan fingerprint density at radius 3 is 2.55 bits per heavy atom. The van der Waals surface area contributed by atoms with Crippen molar-refractivity contribution in [3.05, 3.63) is 16.6 Å². The number of nitrogens with two attached hydrogens (primary N) is 1. The first kappa shape index (κ1) is 17.2. The summed E-state index contributed by atoms with van der Waals surface area (Å²) >= 11 is 3.24. The Labute approximate surface area is 128 Å². The van der Waals surface area contributed by atoms with Gasteiger partial charge in [0.05, 0.1) is 7.11 Å². The van der Waals surface area contributed by atoms with Crippen molar-refractivity contribution in [2.45, 2.75) is 17.9 Å². The summed E-state index contributed by atoms with van der Waals surface area (Å²) in [6, 6.07) is 2.99. The molecule has 0 bridgehead atoms. The summed E-state index contributed by atoms with van der Waals surface area (Å²) in [5.74, 6) is 0.246. The van der Waals surface area contributed by atoms with E-state index >= 15 is 0 Å². The van der Waals surface area contributed by atoms with Crippen LogP contribution in [0.25, 0.3) is 0 Å². The van der Waals surface area contributed by atoms with Gasteiger partial charge in [0.2, 0.25) is 10.0 Å². The zero-order chi connectivity index (χ0) is 15.5. The second-order valence-electron chi connectivity index (χ2n) is 4.69. The number of nitrogens with one attached hydrogen (secondary N) is 1. The first-order valence-electron chi connectivity index (χ1n) is 5.98. The van der Waals surface area contributed by atoms with E-state index in [0.29, 0.717) is 16.7 Å². The molecule has 0 radical (unpaired) electrons. The highest BCUT2D eigenvalue weighted by Gasteiger charge is 2.22. The Morgan fingerprint density at radius 1 is 1.45 bits per heavy atom. The van der Waals surface area contributed by atoms with Gasteiger partial charge in [-0.25, -0.2) is 13.1 Å². The molecule has 0 fully saturated rings. The van der Waals surface area contributed by atoms with E-state index in [1.165, 1.54) is 13.2 Å². The van der Waals surface area contributed by atoms with Crippen LogP contribution >= 0.6 is 15.9 Å². The van der Waals surface area contributed by atoms with E-state index in [4.69, 9.17) is 10.5 Å². The lowest BCUT2D eigenvalue weighted by atomic mass is 10.3. The molecule has 0 aliphatic heterocycles. The molecule has 8 heteroatoms. The lowest BCUT2D eigenvalue weighted by Gasteiger charge is -2.20. The maximum atomic E-state index is 12.3. The van der Waals surface area contributed by atoms with E-state index in [-0.39, 0.29) is 16.7 Å². The molecule has 1 rings (SSSR count). The minimum Gasteiger partial charge on any atom is -0.495 e. The molecule has 0 spiro atoms. The Morgan fingerprint density at radius 2 is 2.05 bits per heavy atom. The van der Waals surface area contributed by atoms with Crippen molar-refractivity contribution in [3.63, 3.8) is 0 Å². The lowest BCUT2D eigenvalue weighted by molar-refractivity contribution is 0.313. The standard InChI is InChI=1S/C12H20BrN3O3S/c1-8(16(2)3)7-15-20(17,18)12-6-10(14)9(13)5-11(12)19-4/h5-6,8,15H,7,14H2,1-4H3. The molecule has 0 aliphatic carbocycles. The number of hydrogen-bond donors (Lipinski definition) is 2. The predicted octanol–water partition coefficient (Wildman–Crippen LogP) is 1.27. The summed E-state index contributed by atoms with van der Waals surface area (Å²) in [5, 5.41) is 0. The van der Waals surface area contributed by atoms with Gasteiger partial charge in [0.1, 0.15) is 10.6 Å². The number of likely N-dealkylation sites (N-methyl/N-ethyl adjacent to an activating group) is 1. The van der Waals surface area contributed by atoms with Crippen LogP contribution in [0.4, 0.5) is 5.69 Å². The first-order valence-corrected chi connectivity index (χ1v) is 8.25. The fraction of sp³-hybridized carbons (Fsp3) is 0.500. The molecule has 0 saturated heterocycles. The van der Waals surface area contributed by atoms with Crippen molar-refractivity contribution in [1.29, 1.82) is 0 Å². The number of halogens is 1. The third-order valence-corrected chi connectivity index (χ3v) is 5.15. The zero-order valence-electron chi connectivity index (χ0n) is 12.0. The third-order valence-electron chi connectivity index (χ3n) is 3.02. The fourth-order valence-electron chi connectivity index (χ4n) is 1.41. The van der Waals surface area contributed by atoms with Gasteiger partial charge in [-0.15, -0.1) is 0 Å². The minimum atomic E-state index is -3.67. The van der Waals surface area contributed by atoms with Crippen LogP contribution in [0.15, 0.2) is 21.5 Å². The van der Waals surface area contributed by atoms with E-state index in [1.807, 2.05) is 25.9 Å². The predicted molar refractivity (Wildman–Crippen MR) is 83.4 cm³/mol. The Bertz CT molecular complexity index is 576. The molecule has 0 aliphatic rings. The fourth-order valence-corrected chi connectivity index (χ4v) is 3.04. The molecular weight excluding hydrogens is 346 g/mol. The van der Waals surface area contributed by atoms with Gasteiger partial charge in [-0.05, 0) is 49.1 Å². The van der Waals surface area contributed by atoms with E-state index in [0.717, 1.165) is 0 Å². The molecule has 1 aromatic carbocycles. The molecular formula is C12H20BrN3O3S. The van der Waals surface area contributed by atoms with Gasteiger partial charge >= 0.3 is 0 Å². The Kier molecular flexibility index (Phi) is 5.81. The summed E-state index contributed by atoms with van der Waals surface area (Å²) in [4.78, 5) is 1.96. The van der Waals surface area contributed by atoms with Gasteiger partial charge in [-0.2, -0.15) is 0 Å². The third kappa shape index (κ3) is 4.08. The monoisotopic (exact) mass is 365 g/mol. The Balaban J connectivity index is 3.06. The van der Waals surface area contributed by atoms with Crippen LogP contribution in [0.3, 0.4) is 0 Å². The number of nitrogens with zero attached hydrogens (tertiary/aromatic N) is 1. The lowest BCUT2D eigenvalue weighted by Crippen LogP contribution is -2.38. The number of rotatable bonds is 6. The topological polar surface area (TPSA) is 84.7 Å². The van der Waals surface area contributed by atoms with Gasteiger partial charge in [-0.3, -0.25) is 0 Å². The molecule has 1 unspecified atom stereocenters. The van der Waals surface area contributed by atoms with Crippen molar-refractivity contribution in [3.8, 4) is 5.75 Å². The summed E-state index contributed by atoms with van der Waals surface area (Å²) in [6.45, 7) is 2.23. The molecule has 1 aromatic rings. The van der Waals surface area contributed by atoms with Crippen LogP contribution in [0.5, 0.6) is 5.75 Å². The highest BCUT2D eigenvalue weighted by atomic mass is 79.9. The van der Waals surface area contributed by atoms with E-state index in [9.17, 15) is 8.42 Å². The van der Waals surface area contributed by atoms with E-state index < -0.39 is 10.0 Å². The second-order valence-corrected chi connectivity index (χ2v) is 7.28. The number of hydrogen-bond acceptors (Lipinski definition) is 5. The van der Waals surface area contributed by atoms with Crippen LogP contribution in [0.1, 0.15) is 6.92 Å². The van der Waals surface area contributed by atoms with Gasteiger partial charge in [0.25, 0.3) is 0 Å². The largest absolute Gasteiger partial charge is 0.495 e. The molecule has 6 nitrogen and oxygen atoms in total. The number of benzene rings is 1. The normalized spacial score (nSPS) is 13.5. The SMILES string of the molecule is COc1cc(Br)c(N)cc1S(=O)(=O)NCC(C)N(C)C. The molecule has 20 heavy (non-hydrogen) atoms. The molecule has 3 N–H and O–H groups in total. The maximum absolute atomic E-state index is 12.3. The van der Waals surface area contributed by atoms with Crippen LogP contribution in [0.2, 0.25) is 0 Å². The van der Waals surface area contributed by atoms with Crippen molar-refractivity contribution in [1.82, 2.24) is 9.62 Å². The highest BCUT2D eigenvalue weighted by molar-refractivity contribution is 9.10. The molecule has 114 valence electrons. The van der Waals surface area contributed by atoms with Crippen LogP contribution in [0, 0.1) is 0 Å². The Hall–Kier alpha value is -0.830. The number of anilines is 1. The highest BCUT2D eigenvalue weighted by Crippen LogP contribution is 2.32. The molecule has 1 atom stereocenters. The molecule has 0 amide bonds. The number of methoxy groups -OCH3 is 1. The van der Waals surface area contributed by atoms with Gasteiger partial charge < -0.3 is 15.4 Å². The van der Waals surface area contributed by atoms with E-state index in [2.05, 4.69) is 20.7 Å². The van der Waals surface area contributed by atoms with Crippen molar-refractivity contribution in [2.75, 3.05) is 33.5 Å². The van der Waals surface area contributed by atoms with Crippen LogP contribution < -0.4 is 15.2 Å². The van der Waals surface area contributed by atoms with Gasteiger partial charge in [0.15, 0.2) is 0 Å². The van der Waals surface area contributed by atoms with Gasteiger partial charge in [-0.1, -0.05) is 0 Å². The smallest absolute Gasteiger partial charge is 0.244 e.